The molecule has 1 heterocycles. The first-order valence-corrected chi connectivity index (χ1v) is 9.72. The van der Waals surface area contributed by atoms with Gasteiger partial charge in [0.1, 0.15) is 11.6 Å². The molecular formula is C24H22FN3O. The summed E-state index contributed by atoms with van der Waals surface area (Å²) in [5, 5.41) is 2.90. The summed E-state index contributed by atoms with van der Waals surface area (Å²) >= 11 is 0. The summed E-state index contributed by atoms with van der Waals surface area (Å²) in [6.07, 6.45) is 1.96. The Bertz CT molecular complexity index is 1100. The zero-order valence-corrected chi connectivity index (χ0v) is 16.0. The highest BCUT2D eigenvalue weighted by molar-refractivity contribution is 5.94. The minimum absolute atomic E-state index is 0.243. The van der Waals surface area contributed by atoms with E-state index in [-0.39, 0.29) is 11.7 Å². The molecule has 0 saturated carbocycles. The Morgan fingerprint density at radius 2 is 1.66 bits per heavy atom. The lowest BCUT2D eigenvalue weighted by Crippen LogP contribution is -2.24. The Kier molecular flexibility index (Phi) is 5.66. The molecule has 5 heteroatoms. The molecule has 0 aliphatic rings. The molecule has 0 aliphatic carbocycles. The van der Waals surface area contributed by atoms with Crippen molar-refractivity contribution in [2.45, 2.75) is 25.9 Å². The molecule has 146 valence electrons. The van der Waals surface area contributed by atoms with Gasteiger partial charge in [0, 0.05) is 12.1 Å². The number of nitrogens with one attached hydrogen (secondary N) is 1. The van der Waals surface area contributed by atoms with Crippen molar-refractivity contribution in [1.82, 2.24) is 14.9 Å². The van der Waals surface area contributed by atoms with E-state index in [4.69, 9.17) is 4.98 Å². The number of aryl methyl sites for hydroxylation is 2. The first-order chi connectivity index (χ1) is 14.2. The number of para-hydroxylation sites is 2. The fourth-order valence-corrected chi connectivity index (χ4v) is 3.46. The van der Waals surface area contributed by atoms with Crippen molar-refractivity contribution in [2.24, 2.45) is 0 Å². The summed E-state index contributed by atoms with van der Waals surface area (Å²) in [6, 6.07) is 23.9. The van der Waals surface area contributed by atoms with Crippen LogP contribution in [0, 0.1) is 5.82 Å². The molecule has 0 fully saturated rings. The van der Waals surface area contributed by atoms with E-state index in [0.717, 1.165) is 36.2 Å². The molecule has 0 atom stereocenters. The summed E-state index contributed by atoms with van der Waals surface area (Å²) in [7, 11) is 0. The van der Waals surface area contributed by atoms with Crippen molar-refractivity contribution in [3.05, 3.63) is 102 Å². The van der Waals surface area contributed by atoms with Crippen LogP contribution in [0.3, 0.4) is 0 Å². The van der Waals surface area contributed by atoms with Gasteiger partial charge in [0.25, 0.3) is 5.91 Å². The molecule has 1 amide bonds. The van der Waals surface area contributed by atoms with Crippen LogP contribution >= 0.6 is 0 Å². The molecule has 29 heavy (non-hydrogen) atoms. The summed E-state index contributed by atoms with van der Waals surface area (Å²) < 4.78 is 15.2. The molecule has 0 radical (unpaired) electrons. The van der Waals surface area contributed by atoms with Crippen LogP contribution in [0.4, 0.5) is 4.39 Å². The van der Waals surface area contributed by atoms with Crippen LogP contribution < -0.4 is 5.32 Å². The summed E-state index contributed by atoms with van der Waals surface area (Å²) in [5.41, 5.74) is 3.71. The zero-order chi connectivity index (χ0) is 20.1. The van der Waals surface area contributed by atoms with Gasteiger partial charge < -0.3 is 9.88 Å². The number of nitrogens with zero attached hydrogens (tertiary/aromatic N) is 2. The molecule has 0 saturated heterocycles. The fraction of sp³-hybridized carbons (Fsp3) is 0.167. The number of aromatic nitrogens is 2. The van der Waals surface area contributed by atoms with Gasteiger partial charge in [-0.25, -0.2) is 9.37 Å². The summed E-state index contributed by atoms with van der Waals surface area (Å²) in [5.74, 6) is 0.212. The lowest BCUT2D eigenvalue weighted by Gasteiger charge is -2.10. The normalized spacial score (nSPS) is 10.9. The molecule has 0 bridgehead atoms. The fourth-order valence-electron chi connectivity index (χ4n) is 3.46. The smallest absolute Gasteiger partial charge is 0.251 e. The van der Waals surface area contributed by atoms with E-state index in [1.807, 2.05) is 24.3 Å². The highest BCUT2D eigenvalue weighted by Gasteiger charge is 2.12. The average molecular weight is 387 g/mol. The van der Waals surface area contributed by atoms with Gasteiger partial charge in [-0.1, -0.05) is 42.5 Å². The van der Waals surface area contributed by atoms with Crippen LogP contribution in [0.5, 0.6) is 0 Å². The van der Waals surface area contributed by atoms with Gasteiger partial charge in [-0.05, 0) is 54.8 Å². The summed E-state index contributed by atoms with van der Waals surface area (Å²) in [6.45, 7) is 1.13. The van der Waals surface area contributed by atoms with Crippen LogP contribution in [0.15, 0.2) is 78.9 Å². The molecule has 0 aliphatic heterocycles. The molecule has 0 spiro atoms. The maximum Gasteiger partial charge on any atom is 0.251 e. The van der Waals surface area contributed by atoms with Crippen molar-refractivity contribution in [1.29, 1.82) is 0 Å². The quantitative estimate of drug-likeness (QED) is 0.498. The van der Waals surface area contributed by atoms with Gasteiger partial charge in [-0.3, -0.25) is 4.79 Å². The number of halogens is 1. The maximum absolute atomic E-state index is 13.1. The Labute approximate surface area is 169 Å². The third-order valence-electron chi connectivity index (χ3n) is 4.94. The van der Waals surface area contributed by atoms with Crippen molar-refractivity contribution in [2.75, 3.05) is 0 Å². The van der Waals surface area contributed by atoms with Gasteiger partial charge in [0.15, 0.2) is 0 Å². The number of hydrogen-bond acceptors (Lipinski definition) is 2. The average Bonchev–Trinajstić information content (AvgIpc) is 3.11. The first-order valence-electron chi connectivity index (χ1n) is 9.72. The highest BCUT2D eigenvalue weighted by atomic mass is 19.1. The van der Waals surface area contributed by atoms with Crippen molar-refractivity contribution < 1.29 is 9.18 Å². The van der Waals surface area contributed by atoms with Gasteiger partial charge in [0.2, 0.25) is 0 Å². The standard InChI is InChI=1S/C24H22FN3O/c25-20-14-12-19(13-15-20)24(29)26-17-23-27-21-10-4-5-11-22(21)28(23)16-6-9-18-7-2-1-3-8-18/h1-5,7-8,10-15H,6,9,16-17H2,(H,26,29). The molecule has 4 aromatic rings. The first kappa shape index (κ1) is 18.9. The lowest BCUT2D eigenvalue weighted by atomic mass is 10.1. The van der Waals surface area contributed by atoms with Gasteiger partial charge >= 0.3 is 0 Å². The third-order valence-corrected chi connectivity index (χ3v) is 4.94. The molecule has 4 nitrogen and oxygen atoms in total. The minimum Gasteiger partial charge on any atom is -0.345 e. The van der Waals surface area contributed by atoms with Crippen LogP contribution in [0.2, 0.25) is 0 Å². The zero-order valence-electron chi connectivity index (χ0n) is 16.0. The number of imidazole rings is 1. The van der Waals surface area contributed by atoms with Crippen molar-refractivity contribution >= 4 is 16.9 Å². The minimum atomic E-state index is -0.359. The van der Waals surface area contributed by atoms with Crippen LogP contribution in [0.25, 0.3) is 11.0 Å². The van der Waals surface area contributed by atoms with E-state index in [0.29, 0.717) is 12.1 Å². The molecule has 4 rings (SSSR count). The Balaban J connectivity index is 1.48. The second-order valence-corrected chi connectivity index (χ2v) is 6.95. The molecule has 0 unspecified atom stereocenters. The largest absolute Gasteiger partial charge is 0.345 e. The summed E-state index contributed by atoms with van der Waals surface area (Å²) in [4.78, 5) is 17.1. The number of benzene rings is 3. The van der Waals surface area contributed by atoms with E-state index in [1.54, 1.807) is 0 Å². The lowest BCUT2D eigenvalue weighted by molar-refractivity contribution is 0.0949. The van der Waals surface area contributed by atoms with Gasteiger partial charge in [0.05, 0.1) is 17.6 Å². The number of hydrogen-bond donors (Lipinski definition) is 1. The van der Waals surface area contributed by atoms with Gasteiger partial charge in [-0.2, -0.15) is 0 Å². The molecule has 3 aromatic carbocycles. The Hall–Kier alpha value is -3.47. The topological polar surface area (TPSA) is 46.9 Å². The van der Waals surface area contributed by atoms with E-state index >= 15 is 0 Å². The van der Waals surface area contributed by atoms with Crippen LogP contribution in [-0.4, -0.2) is 15.5 Å². The molecule has 1 aromatic heterocycles. The molecule has 1 N–H and O–H groups in total. The Morgan fingerprint density at radius 3 is 2.45 bits per heavy atom. The second kappa shape index (κ2) is 8.69. The number of fused-ring (bicyclic) bond motifs is 1. The molecular weight excluding hydrogens is 365 g/mol. The van der Waals surface area contributed by atoms with E-state index in [1.165, 1.54) is 29.8 Å². The van der Waals surface area contributed by atoms with Crippen LogP contribution in [0.1, 0.15) is 28.2 Å². The predicted octanol–water partition coefficient (Wildman–Crippen LogP) is 4.74. The van der Waals surface area contributed by atoms with Crippen molar-refractivity contribution in [3.8, 4) is 0 Å². The van der Waals surface area contributed by atoms with Crippen molar-refractivity contribution in [3.63, 3.8) is 0 Å². The Morgan fingerprint density at radius 1 is 0.931 bits per heavy atom. The van der Waals surface area contributed by atoms with Gasteiger partial charge in [-0.15, -0.1) is 0 Å². The van der Waals surface area contributed by atoms with E-state index < -0.39 is 0 Å². The number of carbonyl (C=O) groups is 1. The van der Waals surface area contributed by atoms with Crippen LogP contribution in [-0.2, 0) is 19.5 Å². The monoisotopic (exact) mass is 387 g/mol. The number of amides is 1. The second-order valence-electron chi connectivity index (χ2n) is 6.95. The van der Waals surface area contributed by atoms with E-state index in [2.05, 4.69) is 40.2 Å². The number of carbonyl (C=O) groups excluding carboxylic acids is 1. The number of rotatable bonds is 7. The predicted molar refractivity (Wildman–Crippen MR) is 112 cm³/mol. The SMILES string of the molecule is O=C(NCc1nc2ccccc2n1CCCc1ccccc1)c1ccc(F)cc1. The maximum atomic E-state index is 13.1. The third kappa shape index (κ3) is 4.51. The highest BCUT2D eigenvalue weighted by Crippen LogP contribution is 2.17. The van der Waals surface area contributed by atoms with E-state index in [9.17, 15) is 9.18 Å².